The van der Waals surface area contributed by atoms with Crippen LogP contribution in [-0.2, 0) is 21.6 Å². The van der Waals surface area contributed by atoms with Crippen LogP contribution in [0.4, 0.5) is 0 Å². The number of likely N-dealkylation sites (tertiary alicyclic amines) is 1. The van der Waals surface area contributed by atoms with E-state index >= 15 is 0 Å². The summed E-state index contributed by atoms with van der Waals surface area (Å²) < 4.78 is 12.4. The van der Waals surface area contributed by atoms with Crippen molar-refractivity contribution in [3.63, 3.8) is 0 Å². The van der Waals surface area contributed by atoms with Gasteiger partial charge in [0.1, 0.15) is 11.2 Å². The molecular weight excluding hydrogens is 594 g/mol. The van der Waals surface area contributed by atoms with Gasteiger partial charge in [0, 0.05) is 18.7 Å². The Hall–Kier alpha value is -3.19. The summed E-state index contributed by atoms with van der Waals surface area (Å²) in [4.78, 5) is 15.9. The molecule has 4 rings (SSSR count). The topological polar surface area (TPSA) is 64.8 Å². The second-order valence-electron chi connectivity index (χ2n) is 14.5. The summed E-state index contributed by atoms with van der Waals surface area (Å²) >= 11 is 0. The van der Waals surface area contributed by atoms with Gasteiger partial charge in [-0.2, -0.15) is 0 Å². The van der Waals surface area contributed by atoms with Crippen LogP contribution in [-0.4, -0.2) is 75.8 Å². The average Bonchev–Trinajstić information content (AvgIpc) is 3.57. The van der Waals surface area contributed by atoms with E-state index in [1.807, 2.05) is 54.6 Å². The van der Waals surface area contributed by atoms with Crippen molar-refractivity contribution >= 4 is 5.91 Å². The molecule has 1 saturated heterocycles. The maximum atomic E-state index is 13.3. The second kappa shape index (κ2) is 19.7. The highest BCUT2D eigenvalue weighted by molar-refractivity contribution is 5.91. The SMILES string of the molecule is COc1ccccc1COCCCCCC[N+](C)(C)CCCCCCCCN1CCC(C(C(N)=O)(c2ccccc2)c2ccccc2)C1. The van der Waals surface area contributed by atoms with Crippen molar-refractivity contribution in [2.24, 2.45) is 11.7 Å². The van der Waals surface area contributed by atoms with E-state index in [4.69, 9.17) is 15.2 Å². The monoisotopic (exact) mass is 656 g/mol. The van der Waals surface area contributed by atoms with Gasteiger partial charge < -0.3 is 24.6 Å². The maximum Gasteiger partial charge on any atom is 0.232 e. The van der Waals surface area contributed by atoms with E-state index in [-0.39, 0.29) is 11.8 Å². The van der Waals surface area contributed by atoms with Gasteiger partial charge in [-0.3, -0.25) is 4.79 Å². The second-order valence-corrected chi connectivity index (χ2v) is 14.5. The van der Waals surface area contributed by atoms with Gasteiger partial charge >= 0.3 is 0 Å². The average molecular weight is 657 g/mol. The molecule has 1 atom stereocenters. The lowest BCUT2D eigenvalue weighted by Crippen LogP contribution is -2.49. The number of methoxy groups -OCH3 is 1. The molecule has 0 spiro atoms. The summed E-state index contributed by atoms with van der Waals surface area (Å²) in [6, 6.07) is 28.5. The van der Waals surface area contributed by atoms with Gasteiger partial charge in [-0.25, -0.2) is 0 Å². The first kappa shape index (κ1) is 37.6. The number of unbranched alkanes of at least 4 members (excludes halogenated alkanes) is 8. The first-order valence-corrected chi connectivity index (χ1v) is 18.5. The Bertz CT molecular complexity index is 1290. The number of para-hydroxylation sites is 1. The van der Waals surface area contributed by atoms with Crippen LogP contribution in [0.5, 0.6) is 5.75 Å². The normalized spacial score (nSPS) is 15.5. The van der Waals surface area contributed by atoms with Gasteiger partial charge in [0.15, 0.2) is 0 Å². The lowest BCUT2D eigenvalue weighted by molar-refractivity contribution is -0.890. The third kappa shape index (κ3) is 10.9. The molecule has 0 radical (unpaired) electrons. The van der Waals surface area contributed by atoms with Gasteiger partial charge in [-0.15, -0.1) is 0 Å². The summed E-state index contributed by atoms with van der Waals surface area (Å²) in [6.45, 7) is 7.00. The molecule has 0 aliphatic carbocycles. The lowest BCUT2D eigenvalue weighted by Gasteiger charge is -2.37. The maximum absolute atomic E-state index is 13.3. The molecular formula is C42H62N3O3+. The van der Waals surface area contributed by atoms with Gasteiger partial charge in [-0.05, 0) is 81.1 Å². The molecule has 1 aliphatic heterocycles. The minimum absolute atomic E-state index is 0.172. The molecule has 0 saturated carbocycles. The molecule has 6 heteroatoms. The number of hydrogen-bond acceptors (Lipinski definition) is 4. The Morgan fingerprint density at radius 3 is 1.92 bits per heavy atom. The summed E-state index contributed by atoms with van der Waals surface area (Å²) in [5, 5.41) is 0. The summed E-state index contributed by atoms with van der Waals surface area (Å²) in [5.74, 6) is 0.837. The number of carbonyl (C=O) groups excluding carboxylic acids is 1. The van der Waals surface area contributed by atoms with Crippen molar-refractivity contribution in [1.82, 2.24) is 4.90 Å². The number of benzene rings is 3. The van der Waals surface area contributed by atoms with E-state index < -0.39 is 5.41 Å². The first-order chi connectivity index (χ1) is 23.4. The number of nitrogens with two attached hydrogens (primary N) is 1. The molecule has 262 valence electrons. The zero-order chi connectivity index (χ0) is 34.1. The number of ether oxygens (including phenoxy) is 2. The fraction of sp³-hybridized carbons (Fsp3) is 0.548. The van der Waals surface area contributed by atoms with Crippen LogP contribution in [0.15, 0.2) is 84.9 Å². The Kier molecular flexibility index (Phi) is 15.5. The first-order valence-electron chi connectivity index (χ1n) is 18.5. The van der Waals surface area contributed by atoms with Crippen LogP contribution < -0.4 is 10.5 Å². The fourth-order valence-corrected chi connectivity index (χ4v) is 7.71. The standard InChI is InChI=1S/C42H61N3O3/c1-45(2,32-20-8-9-21-33-48-35-36-22-16-17-27-40(36)47-3)31-19-7-5-4-6-18-29-44-30-28-39(34-44)42(41(43)46,37-23-12-10-13-24-37)38-25-14-11-15-26-38/h10-17,22-27,39H,4-9,18-21,28-35H2,1-3H3,(H-,43,46)/p+1. The van der Waals surface area contributed by atoms with Crippen LogP contribution >= 0.6 is 0 Å². The molecule has 3 aromatic rings. The molecule has 1 fully saturated rings. The number of quaternary nitrogens is 1. The molecule has 1 unspecified atom stereocenters. The van der Waals surface area contributed by atoms with Crippen molar-refractivity contribution < 1.29 is 18.8 Å². The molecule has 48 heavy (non-hydrogen) atoms. The van der Waals surface area contributed by atoms with Crippen molar-refractivity contribution in [3.8, 4) is 5.75 Å². The molecule has 6 nitrogen and oxygen atoms in total. The summed E-state index contributed by atoms with van der Waals surface area (Å²) in [7, 11) is 6.49. The quantitative estimate of drug-likeness (QED) is 0.0831. The molecule has 1 aliphatic rings. The van der Waals surface area contributed by atoms with Gasteiger partial charge in [0.05, 0.1) is 40.9 Å². The van der Waals surface area contributed by atoms with Crippen LogP contribution in [0, 0.1) is 5.92 Å². The van der Waals surface area contributed by atoms with E-state index in [2.05, 4.69) is 49.3 Å². The van der Waals surface area contributed by atoms with E-state index in [0.717, 1.165) is 66.0 Å². The highest BCUT2D eigenvalue weighted by atomic mass is 16.5. The zero-order valence-electron chi connectivity index (χ0n) is 30.1. The van der Waals surface area contributed by atoms with E-state index in [9.17, 15) is 4.79 Å². The minimum atomic E-state index is -0.795. The molecule has 1 amide bonds. The molecule has 3 aromatic carbocycles. The van der Waals surface area contributed by atoms with Crippen molar-refractivity contribution in [3.05, 3.63) is 102 Å². The van der Waals surface area contributed by atoms with Crippen molar-refractivity contribution in [2.75, 3.05) is 60.5 Å². The van der Waals surface area contributed by atoms with Gasteiger partial charge in [-0.1, -0.05) is 105 Å². The largest absolute Gasteiger partial charge is 0.496 e. The minimum Gasteiger partial charge on any atom is -0.496 e. The predicted octanol–water partition coefficient (Wildman–Crippen LogP) is 7.98. The molecule has 0 bridgehead atoms. The molecule has 2 N–H and O–H groups in total. The third-order valence-corrected chi connectivity index (χ3v) is 10.5. The van der Waals surface area contributed by atoms with Crippen LogP contribution in [0.3, 0.4) is 0 Å². The number of rotatable bonds is 23. The highest BCUT2D eigenvalue weighted by Gasteiger charge is 2.49. The van der Waals surface area contributed by atoms with Crippen molar-refractivity contribution in [2.45, 2.75) is 82.7 Å². The third-order valence-electron chi connectivity index (χ3n) is 10.5. The highest BCUT2D eigenvalue weighted by Crippen LogP contribution is 2.43. The summed E-state index contributed by atoms with van der Waals surface area (Å²) in [6.07, 6.45) is 13.7. The Balaban J connectivity index is 1.05. The number of nitrogens with zero attached hydrogens (tertiary/aromatic N) is 2. The number of primary amides is 1. The van der Waals surface area contributed by atoms with Crippen molar-refractivity contribution in [1.29, 1.82) is 0 Å². The smallest absolute Gasteiger partial charge is 0.232 e. The fourth-order valence-electron chi connectivity index (χ4n) is 7.71. The molecule has 0 aromatic heterocycles. The predicted molar refractivity (Wildman–Crippen MR) is 198 cm³/mol. The Labute approximate surface area is 291 Å². The lowest BCUT2D eigenvalue weighted by atomic mass is 9.64. The number of carbonyl (C=O) groups is 1. The van der Waals surface area contributed by atoms with E-state index in [0.29, 0.717) is 6.61 Å². The van der Waals surface area contributed by atoms with Gasteiger partial charge in [0.2, 0.25) is 5.91 Å². The number of hydrogen-bond donors (Lipinski definition) is 1. The van der Waals surface area contributed by atoms with Gasteiger partial charge in [0.25, 0.3) is 0 Å². The number of amides is 1. The van der Waals surface area contributed by atoms with E-state index in [1.54, 1.807) is 7.11 Å². The van der Waals surface area contributed by atoms with Crippen LogP contribution in [0.25, 0.3) is 0 Å². The zero-order valence-corrected chi connectivity index (χ0v) is 30.1. The van der Waals surface area contributed by atoms with Crippen LogP contribution in [0.1, 0.15) is 87.3 Å². The molecule has 1 heterocycles. The Morgan fingerprint density at radius 1 is 0.771 bits per heavy atom. The Morgan fingerprint density at radius 2 is 1.31 bits per heavy atom. The van der Waals surface area contributed by atoms with E-state index in [1.165, 1.54) is 70.9 Å². The summed E-state index contributed by atoms with van der Waals surface area (Å²) in [5.41, 5.74) is 8.62. The van der Waals surface area contributed by atoms with Crippen LogP contribution in [0.2, 0.25) is 0 Å².